The summed E-state index contributed by atoms with van der Waals surface area (Å²) < 4.78 is 15.7. The van der Waals surface area contributed by atoms with Crippen LogP contribution in [0, 0.1) is 0 Å². The van der Waals surface area contributed by atoms with Crippen molar-refractivity contribution in [3.05, 3.63) is 17.7 Å². The van der Waals surface area contributed by atoms with Crippen LogP contribution < -0.4 is 19.5 Å². The molecule has 1 fully saturated rings. The Morgan fingerprint density at radius 1 is 1.14 bits per heavy atom. The van der Waals surface area contributed by atoms with Gasteiger partial charge in [0, 0.05) is 12.1 Å². The third-order valence-corrected chi connectivity index (χ3v) is 2.85. The lowest BCUT2D eigenvalue weighted by molar-refractivity contribution is -0.118. The van der Waals surface area contributed by atoms with Crippen LogP contribution in [0.2, 0.25) is 0 Å². The van der Waals surface area contributed by atoms with Crippen molar-refractivity contribution in [2.75, 3.05) is 27.9 Å². The number of carbonyl (C=O) groups excluding carboxylic acids is 2. The third-order valence-electron chi connectivity index (χ3n) is 2.85. The number of methoxy groups -OCH3 is 3. The van der Waals surface area contributed by atoms with Gasteiger partial charge in [-0.2, -0.15) is 5.10 Å². The number of urea groups is 1. The van der Waals surface area contributed by atoms with E-state index < -0.39 is 11.9 Å². The molecule has 0 radical (unpaired) electrons. The Morgan fingerprint density at radius 3 is 2.19 bits per heavy atom. The van der Waals surface area contributed by atoms with E-state index in [0.717, 1.165) is 5.01 Å². The van der Waals surface area contributed by atoms with E-state index in [1.165, 1.54) is 27.5 Å². The molecule has 8 heteroatoms. The molecule has 8 nitrogen and oxygen atoms in total. The minimum atomic E-state index is -0.567. The smallest absolute Gasteiger partial charge is 0.344 e. The molecule has 0 aromatic heterocycles. The lowest BCUT2D eigenvalue weighted by Crippen LogP contribution is -2.24. The minimum absolute atomic E-state index is 0.115. The van der Waals surface area contributed by atoms with Crippen LogP contribution in [0.5, 0.6) is 17.2 Å². The molecule has 3 amide bonds. The van der Waals surface area contributed by atoms with Gasteiger partial charge in [-0.25, -0.2) is 9.80 Å². The van der Waals surface area contributed by atoms with Crippen LogP contribution in [-0.4, -0.2) is 51.0 Å². The monoisotopic (exact) mass is 293 g/mol. The molecule has 1 N–H and O–H groups in total. The summed E-state index contributed by atoms with van der Waals surface area (Å²) in [4.78, 5) is 22.5. The molecule has 0 spiro atoms. The lowest BCUT2D eigenvalue weighted by atomic mass is 10.2. The van der Waals surface area contributed by atoms with Crippen molar-refractivity contribution >= 4 is 18.2 Å². The summed E-state index contributed by atoms with van der Waals surface area (Å²) >= 11 is 0. The van der Waals surface area contributed by atoms with Crippen LogP contribution in [0.4, 0.5) is 4.79 Å². The first kappa shape index (κ1) is 14.6. The number of nitrogens with zero attached hydrogens (tertiary/aromatic N) is 2. The molecule has 1 heterocycles. The summed E-state index contributed by atoms with van der Waals surface area (Å²) in [6.07, 6.45) is 1.40. The molecule has 1 aliphatic heterocycles. The fourth-order valence-electron chi connectivity index (χ4n) is 1.81. The van der Waals surface area contributed by atoms with Crippen LogP contribution in [0.25, 0.3) is 0 Å². The highest BCUT2D eigenvalue weighted by molar-refractivity contribution is 6.02. The summed E-state index contributed by atoms with van der Waals surface area (Å²) in [7, 11) is 4.53. The van der Waals surface area contributed by atoms with Gasteiger partial charge in [-0.15, -0.1) is 0 Å². The Morgan fingerprint density at radius 2 is 1.76 bits per heavy atom. The molecule has 21 heavy (non-hydrogen) atoms. The van der Waals surface area contributed by atoms with E-state index in [1.54, 1.807) is 12.1 Å². The summed E-state index contributed by atoms with van der Waals surface area (Å²) in [5, 5.41) is 7.12. The highest BCUT2D eigenvalue weighted by atomic mass is 16.5. The van der Waals surface area contributed by atoms with Gasteiger partial charge in [0.1, 0.15) is 23.8 Å². The minimum Gasteiger partial charge on any atom is -0.496 e. The Kier molecular flexibility index (Phi) is 4.27. The molecule has 1 aliphatic rings. The Labute approximate surface area is 121 Å². The van der Waals surface area contributed by atoms with E-state index in [-0.39, 0.29) is 6.54 Å². The fraction of sp³-hybridized carbons (Fsp3) is 0.308. The molecule has 112 valence electrons. The van der Waals surface area contributed by atoms with Gasteiger partial charge in [0.2, 0.25) is 5.91 Å². The number of carbonyl (C=O) groups is 2. The molecular formula is C13H15N3O5. The molecule has 1 aromatic rings. The number of imide groups is 1. The van der Waals surface area contributed by atoms with Crippen LogP contribution >= 0.6 is 0 Å². The molecule has 0 bridgehead atoms. The van der Waals surface area contributed by atoms with Crippen LogP contribution in [0.1, 0.15) is 5.56 Å². The van der Waals surface area contributed by atoms with E-state index in [0.29, 0.717) is 22.8 Å². The predicted octanol–water partition coefficient (Wildman–Crippen LogP) is 0.598. The van der Waals surface area contributed by atoms with Crippen molar-refractivity contribution in [3.63, 3.8) is 0 Å². The lowest BCUT2D eigenvalue weighted by Gasteiger charge is -2.12. The number of benzene rings is 1. The van der Waals surface area contributed by atoms with Crippen molar-refractivity contribution in [2.24, 2.45) is 5.10 Å². The van der Waals surface area contributed by atoms with Crippen LogP contribution in [0.15, 0.2) is 17.2 Å². The highest BCUT2D eigenvalue weighted by Crippen LogP contribution is 2.32. The van der Waals surface area contributed by atoms with E-state index in [1.807, 2.05) is 0 Å². The maximum absolute atomic E-state index is 11.4. The second-order valence-electron chi connectivity index (χ2n) is 4.10. The zero-order valence-electron chi connectivity index (χ0n) is 11.9. The Hall–Kier alpha value is -2.77. The summed E-state index contributed by atoms with van der Waals surface area (Å²) in [5.74, 6) is 1.11. The number of hydrogen-bond donors (Lipinski definition) is 1. The number of ether oxygens (including phenoxy) is 3. The summed E-state index contributed by atoms with van der Waals surface area (Å²) in [6.45, 7) is -0.115. The molecule has 0 aliphatic carbocycles. The van der Waals surface area contributed by atoms with Gasteiger partial charge in [-0.1, -0.05) is 0 Å². The SMILES string of the molecule is COc1cc(OC)c(/C=N\N2CC(=O)NC2=O)c(OC)c1. The Balaban J connectivity index is 2.34. The maximum atomic E-state index is 11.4. The van der Waals surface area contributed by atoms with Crippen molar-refractivity contribution < 1.29 is 23.8 Å². The molecular weight excluding hydrogens is 278 g/mol. The van der Waals surface area contributed by atoms with Crippen molar-refractivity contribution in [3.8, 4) is 17.2 Å². The zero-order chi connectivity index (χ0) is 15.4. The largest absolute Gasteiger partial charge is 0.496 e. The standard InChI is InChI=1S/C13H15N3O5/c1-19-8-4-10(20-2)9(11(5-8)21-3)6-14-16-7-12(17)15-13(16)18/h4-6H,7H2,1-3H3,(H,15,17,18)/b14-6-. The third kappa shape index (κ3) is 3.04. The Bertz CT molecular complexity index is 574. The first-order valence-electron chi connectivity index (χ1n) is 6.04. The molecule has 0 atom stereocenters. The van der Waals surface area contributed by atoms with Crippen molar-refractivity contribution in [1.29, 1.82) is 0 Å². The highest BCUT2D eigenvalue weighted by Gasteiger charge is 2.26. The quantitative estimate of drug-likeness (QED) is 0.634. The van der Waals surface area contributed by atoms with Gasteiger partial charge >= 0.3 is 6.03 Å². The van der Waals surface area contributed by atoms with Gasteiger partial charge < -0.3 is 14.2 Å². The molecule has 1 saturated heterocycles. The second-order valence-corrected chi connectivity index (χ2v) is 4.10. The number of hydrogen-bond acceptors (Lipinski definition) is 6. The van der Waals surface area contributed by atoms with Crippen LogP contribution in [-0.2, 0) is 4.79 Å². The molecule has 1 aromatic carbocycles. The first-order chi connectivity index (χ1) is 10.1. The maximum Gasteiger partial charge on any atom is 0.344 e. The average Bonchev–Trinajstić information content (AvgIpc) is 2.81. The molecule has 0 saturated carbocycles. The van der Waals surface area contributed by atoms with Gasteiger partial charge in [0.05, 0.1) is 33.1 Å². The number of hydrazone groups is 1. The predicted molar refractivity (Wildman–Crippen MR) is 73.9 cm³/mol. The van der Waals surface area contributed by atoms with E-state index in [4.69, 9.17) is 14.2 Å². The number of rotatable bonds is 5. The fourth-order valence-corrected chi connectivity index (χ4v) is 1.81. The van der Waals surface area contributed by atoms with Crippen molar-refractivity contribution in [2.45, 2.75) is 0 Å². The number of nitrogens with one attached hydrogen (secondary N) is 1. The normalized spacial score (nSPS) is 14.5. The van der Waals surface area contributed by atoms with Gasteiger partial charge in [0.15, 0.2) is 0 Å². The second kappa shape index (κ2) is 6.12. The van der Waals surface area contributed by atoms with Gasteiger partial charge in [-0.3, -0.25) is 10.1 Å². The first-order valence-corrected chi connectivity index (χ1v) is 6.04. The van der Waals surface area contributed by atoms with E-state index in [2.05, 4.69) is 10.4 Å². The number of amides is 3. The zero-order valence-corrected chi connectivity index (χ0v) is 11.9. The molecule has 0 unspecified atom stereocenters. The van der Waals surface area contributed by atoms with Crippen molar-refractivity contribution in [1.82, 2.24) is 10.3 Å². The summed E-state index contributed by atoms with van der Waals surface area (Å²) in [5.41, 5.74) is 0.535. The van der Waals surface area contributed by atoms with E-state index >= 15 is 0 Å². The molecule has 2 rings (SSSR count). The topological polar surface area (TPSA) is 89.5 Å². The van der Waals surface area contributed by atoms with Gasteiger partial charge in [-0.05, 0) is 0 Å². The van der Waals surface area contributed by atoms with E-state index in [9.17, 15) is 9.59 Å². The summed E-state index contributed by atoms with van der Waals surface area (Å²) in [6, 6.07) is 2.76. The van der Waals surface area contributed by atoms with Crippen LogP contribution in [0.3, 0.4) is 0 Å². The average molecular weight is 293 g/mol. The van der Waals surface area contributed by atoms with Gasteiger partial charge in [0.25, 0.3) is 0 Å².